The minimum atomic E-state index is -0.713. The average Bonchev–Trinajstić information content (AvgIpc) is 2.40. The van der Waals surface area contributed by atoms with Crippen molar-refractivity contribution >= 4 is 6.09 Å². The number of nitrogens with two attached hydrogens (primary N) is 1. The Kier molecular flexibility index (Phi) is 7.92. The van der Waals surface area contributed by atoms with E-state index in [-0.39, 0.29) is 6.10 Å². The molecule has 0 aromatic rings. The van der Waals surface area contributed by atoms with Gasteiger partial charge in [-0.2, -0.15) is 0 Å². The zero-order valence-corrected chi connectivity index (χ0v) is 13.3. The van der Waals surface area contributed by atoms with Crippen LogP contribution in [0.25, 0.3) is 0 Å². The summed E-state index contributed by atoms with van der Waals surface area (Å²) in [5.74, 6) is 0. The first-order valence-corrected chi connectivity index (χ1v) is 7.87. The van der Waals surface area contributed by atoms with Gasteiger partial charge in [0, 0.05) is 32.2 Å². The molecule has 2 fully saturated rings. The summed E-state index contributed by atoms with van der Waals surface area (Å²) in [4.78, 5) is 15.0. The van der Waals surface area contributed by atoms with Crippen molar-refractivity contribution in [2.45, 2.75) is 58.1 Å². The maximum atomic E-state index is 9.81. The van der Waals surface area contributed by atoms with E-state index in [0.717, 1.165) is 6.04 Å². The summed E-state index contributed by atoms with van der Waals surface area (Å²) in [5.41, 5.74) is 4.63. The van der Waals surface area contributed by atoms with Crippen LogP contribution in [0, 0.1) is 0 Å². The van der Waals surface area contributed by atoms with Crippen LogP contribution < -0.4 is 5.73 Å². The molecule has 1 saturated carbocycles. The Hall–Kier alpha value is -0.810. The quantitative estimate of drug-likeness (QED) is 0.843. The summed E-state index contributed by atoms with van der Waals surface area (Å²) in [6.07, 6.45) is 6.53. The summed E-state index contributed by atoms with van der Waals surface area (Å²) in [5, 5.41) is 0. The van der Waals surface area contributed by atoms with E-state index in [9.17, 15) is 4.79 Å². The second-order valence-corrected chi connectivity index (χ2v) is 6.12. The van der Waals surface area contributed by atoms with Gasteiger partial charge in [0.25, 0.3) is 0 Å². The maximum Gasteiger partial charge on any atom is 0.404 e. The fourth-order valence-electron chi connectivity index (χ4n) is 2.87. The van der Waals surface area contributed by atoms with Crippen molar-refractivity contribution in [1.82, 2.24) is 9.80 Å². The van der Waals surface area contributed by atoms with Gasteiger partial charge >= 0.3 is 6.09 Å². The van der Waals surface area contributed by atoms with Crippen molar-refractivity contribution in [3.63, 3.8) is 0 Å². The second kappa shape index (κ2) is 9.19. The van der Waals surface area contributed by atoms with Crippen LogP contribution in [-0.2, 0) is 4.74 Å². The summed E-state index contributed by atoms with van der Waals surface area (Å²) >= 11 is 0. The number of amides is 1. The van der Waals surface area contributed by atoms with Crippen molar-refractivity contribution in [2.24, 2.45) is 5.73 Å². The van der Waals surface area contributed by atoms with Crippen molar-refractivity contribution < 1.29 is 9.53 Å². The molecule has 0 radical (unpaired) electrons. The molecule has 0 bridgehead atoms. The molecule has 2 N–H and O–H groups in total. The molecule has 1 heterocycles. The Balaban J connectivity index is 0.000000246. The first kappa shape index (κ1) is 17.2. The van der Waals surface area contributed by atoms with Gasteiger partial charge in [0.1, 0.15) is 0 Å². The zero-order valence-electron chi connectivity index (χ0n) is 13.3. The minimum absolute atomic E-state index is 0.0995. The third-order valence-corrected chi connectivity index (χ3v) is 3.98. The highest BCUT2D eigenvalue weighted by molar-refractivity contribution is 5.64. The molecule has 0 aromatic heterocycles. The molecule has 1 aliphatic carbocycles. The number of hydrogen-bond acceptors (Lipinski definition) is 4. The summed E-state index contributed by atoms with van der Waals surface area (Å²) in [7, 11) is 2.23. The van der Waals surface area contributed by atoms with Gasteiger partial charge in [-0.15, -0.1) is 0 Å². The van der Waals surface area contributed by atoms with Gasteiger partial charge in [-0.05, 0) is 33.7 Å². The molecule has 0 spiro atoms. The molecule has 0 atom stereocenters. The minimum Gasteiger partial charge on any atom is -0.447 e. The lowest BCUT2D eigenvalue weighted by molar-refractivity contribution is 0.0913. The van der Waals surface area contributed by atoms with Crippen molar-refractivity contribution in [2.75, 3.05) is 33.2 Å². The summed E-state index contributed by atoms with van der Waals surface area (Å²) < 4.78 is 4.39. The number of hydrogen-bond donors (Lipinski definition) is 1. The number of nitrogens with zero attached hydrogens (tertiary/aromatic N) is 2. The number of rotatable bonds is 2. The lowest BCUT2D eigenvalue weighted by Crippen LogP contribution is -2.49. The van der Waals surface area contributed by atoms with E-state index < -0.39 is 6.09 Å². The Labute approximate surface area is 123 Å². The maximum absolute atomic E-state index is 9.81. The smallest absolute Gasteiger partial charge is 0.404 e. The number of piperazine rings is 1. The van der Waals surface area contributed by atoms with E-state index >= 15 is 0 Å². The molecule has 0 unspecified atom stereocenters. The Morgan fingerprint density at radius 2 is 1.65 bits per heavy atom. The Morgan fingerprint density at radius 1 is 1.10 bits per heavy atom. The number of primary amides is 1. The van der Waals surface area contributed by atoms with Crippen LogP contribution in [0.1, 0.15) is 46.0 Å². The topological polar surface area (TPSA) is 58.8 Å². The van der Waals surface area contributed by atoms with E-state index in [4.69, 9.17) is 0 Å². The van der Waals surface area contributed by atoms with Gasteiger partial charge in [-0.3, -0.25) is 4.90 Å². The monoisotopic (exact) mass is 285 g/mol. The van der Waals surface area contributed by atoms with E-state index in [1.165, 1.54) is 58.3 Å². The number of ether oxygens (including phenoxy) is 1. The first-order chi connectivity index (χ1) is 9.49. The fourth-order valence-corrected chi connectivity index (χ4v) is 2.87. The predicted octanol–water partition coefficient (Wildman–Crippen LogP) is 2.06. The third kappa shape index (κ3) is 7.10. The molecule has 20 heavy (non-hydrogen) atoms. The zero-order chi connectivity index (χ0) is 15.0. The normalized spacial score (nSPS) is 22.2. The summed E-state index contributed by atoms with van der Waals surface area (Å²) in [6, 6.07) is 0.933. The van der Waals surface area contributed by atoms with Crippen LogP contribution in [0.5, 0.6) is 0 Å². The van der Waals surface area contributed by atoms with E-state index in [1.807, 2.05) is 0 Å². The lowest BCUT2D eigenvalue weighted by atomic mass is 9.94. The molecule has 1 aliphatic heterocycles. The van der Waals surface area contributed by atoms with E-state index in [2.05, 4.69) is 27.3 Å². The number of likely N-dealkylation sites (N-methyl/N-ethyl adjacent to an activating group) is 1. The highest BCUT2D eigenvalue weighted by Crippen LogP contribution is 2.23. The molecule has 1 saturated heterocycles. The highest BCUT2D eigenvalue weighted by atomic mass is 16.6. The van der Waals surface area contributed by atoms with Gasteiger partial charge in [-0.1, -0.05) is 19.3 Å². The molecule has 2 aliphatic rings. The standard InChI is InChI=1S/C11H22N2.C4H9NO2/c1-12-7-9-13(10-8-12)11-5-3-2-4-6-11;1-3(2)7-4(5)6/h11H,2-10H2,1H3;3H,1-2H3,(H2,5,6). The van der Waals surface area contributed by atoms with Crippen molar-refractivity contribution in [3.8, 4) is 0 Å². The van der Waals surface area contributed by atoms with Crippen molar-refractivity contribution in [3.05, 3.63) is 0 Å². The molecule has 0 aromatic carbocycles. The lowest BCUT2D eigenvalue weighted by Gasteiger charge is -2.39. The van der Waals surface area contributed by atoms with E-state index in [1.54, 1.807) is 13.8 Å². The van der Waals surface area contributed by atoms with Crippen LogP contribution in [0.15, 0.2) is 0 Å². The fraction of sp³-hybridized carbons (Fsp3) is 0.933. The van der Waals surface area contributed by atoms with Gasteiger partial charge in [0.2, 0.25) is 0 Å². The number of carbonyl (C=O) groups excluding carboxylic acids is 1. The van der Waals surface area contributed by atoms with Crippen LogP contribution in [0.4, 0.5) is 4.79 Å². The first-order valence-electron chi connectivity index (χ1n) is 7.87. The molecule has 2 rings (SSSR count). The largest absolute Gasteiger partial charge is 0.447 e. The van der Waals surface area contributed by atoms with Gasteiger partial charge in [0.15, 0.2) is 0 Å². The molecule has 1 amide bonds. The van der Waals surface area contributed by atoms with Crippen LogP contribution >= 0.6 is 0 Å². The number of carbonyl (C=O) groups is 1. The Bertz CT molecular complexity index is 270. The molecule has 5 heteroatoms. The molecule has 5 nitrogen and oxygen atoms in total. The summed E-state index contributed by atoms with van der Waals surface area (Å²) in [6.45, 7) is 8.64. The van der Waals surface area contributed by atoms with Crippen molar-refractivity contribution in [1.29, 1.82) is 0 Å². The van der Waals surface area contributed by atoms with Gasteiger partial charge < -0.3 is 15.4 Å². The third-order valence-electron chi connectivity index (χ3n) is 3.98. The van der Waals surface area contributed by atoms with Crippen LogP contribution in [-0.4, -0.2) is 61.3 Å². The SMILES string of the molecule is CC(C)OC(N)=O.CN1CCN(C2CCCCC2)CC1. The highest BCUT2D eigenvalue weighted by Gasteiger charge is 2.23. The predicted molar refractivity (Wildman–Crippen MR) is 81.7 cm³/mol. The Morgan fingerprint density at radius 3 is 2.05 bits per heavy atom. The molecular formula is C15H31N3O2. The van der Waals surface area contributed by atoms with Crippen LogP contribution in [0.2, 0.25) is 0 Å². The van der Waals surface area contributed by atoms with Gasteiger partial charge in [-0.25, -0.2) is 4.79 Å². The second-order valence-electron chi connectivity index (χ2n) is 6.12. The van der Waals surface area contributed by atoms with E-state index in [0.29, 0.717) is 0 Å². The molecule has 118 valence electrons. The van der Waals surface area contributed by atoms with Gasteiger partial charge in [0.05, 0.1) is 6.10 Å². The molecular weight excluding hydrogens is 254 g/mol. The average molecular weight is 285 g/mol. The van der Waals surface area contributed by atoms with Crippen LogP contribution in [0.3, 0.4) is 0 Å².